The summed E-state index contributed by atoms with van der Waals surface area (Å²) in [7, 11) is 0. The Balaban J connectivity index is 1.69. The van der Waals surface area contributed by atoms with E-state index in [0.717, 1.165) is 24.3 Å². The fraction of sp³-hybridized carbons (Fsp3) is 0.467. The molecule has 1 aliphatic heterocycles. The van der Waals surface area contributed by atoms with Gasteiger partial charge in [-0.3, -0.25) is 0 Å². The Morgan fingerprint density at radius 3 is 3.00 bits per heavy atom. The van der Waals surface area contributed by atoms with Crippen LogP contribution in [0.3, 0.4) is 0 Å². The summed E-state index contributed by atoms with van der Waals surface area (Å²) in [4.78, 5) is 0. The highest BCUT2D eigenvalue weighted by atomic mass is 16.5. The van der Waals surface area contributed by atoms with Crippen molar-refractivity contribution in [3.8, 4) is 5.75 Å². The molecule has 3 rings (SSSR count). The molecule has 0 aliphatic carbocycles. The van der Waals surface area contributed by atoms with Gasteiger partial charge in [0.05, 0.1) is 5.92 Å². The number of nitrogens with zero attached hydrogens (tertiary/aromatic N) is 2. The molecule has 0 bridgehead atoms. The van der Waals surface area contributed by atoms with Gasteiger partial charge in [-0.1, -0.05) is 32.0 Å². The maximum atomic E-state index is 5.76. The topological polar surface area (TPSA) is 60.2 Å². The van der Waals surface area contributed by atoms with Crippen LogP contribution in [-0.2, 0) is 6.42 Å². The molecule has 2 heterocycles. The minimum Gasteiger partial charge on any atom is -0.492 e. The standard InChI is InChI=1S/C15H19N3O2/c1-10(2)16-8-7-14-17-18-15(20-14)12-9-19-13-6-4-3-5-11(12)13/h3-6,10,12,16H,7-9H2,1-2H3. The number of ether oxygens (including phenoxy) is 1. The molecule has 0 saturated carbocycles. The van der Waals surface area contributed by atoms with Crippen molar-refractivity contribution >= 4 is 0 Å². The Labute approximate surface area is 118 Å². The van der Waals surface area contributed by atoms with Gasteiger partial charge in [-0.2, -0.15) is 0 Å². The highest BCUT2D eigenvalue weighted by Crippen LogP contribution is 2.37. The first kappa shape index (κ1) is 13.1. The van der Waals surface area contributed by atoms with Gasteiger partial charge in [0.25, 0.3) is 0 Å². The summed E-state index contributed by atoms with van der Waals surface area (Å²) in [6.07, 6.45) is 0.750. The van der Waals surface area contributed by atoms with E-state index >= 15 is 0 Å². The molecule has 20 heavy (non-hydrogen) atoms. The molecule has 0 saturated heterocycles. The molecular weight excluding hydrogens is 254 g/mol. The van der Waals surface area contributed by atoms with Crippen LogP contribution in [0.15, 0.2) is 28.7 Å². The van der Waals surface area contributed by atoms with Crippen LogP contribution in [0.5, 0.6) is 5.75 Å². The van der Waals surface area contributed by atoms with Gasteiger partial charge < -0.3 is 14.5 Å². The van der Waals surface area contributed by atoms with Crippen molar-refractivity contribution in [2.24, 2.45) is 0 Å². The molecule has 106 valence electrons. The molecule has 0 amide bonds. The quantitative estimate of drug-likeness (QED) is 0.904. The van der Waals surface area contributed by atoms with E-state index in [0.29, 0.717) is 24.4 Å². The number of aromatic nitrogens is 2. The average molecular weight is 273 g/mol. The molecule has 1 aliphatic rings. The van der Waals surface area contributed by atoms with Crippen LogP contribution in [-0.4, -0.2) is 29.4 Å². The molecule has 1 aromatic heterocycles. The Bertz CT molecular complexity index is 580. The number of nitrogens with one attached hydrogen (secondary N) is 1. The van der Waals surface area contributed by atoms with Crippen molar-refractivity contribution in [1.29, 1.82) is 0 Å². The smallest absolute Gasteiger partial charge is 0.227 e. The van der Waals surface area contributed by atoms with Crippen molar-refractivity contribution in [2.45, 2.75) is 32.2 Å². The summed E-state index contributed by atoms with van der Waals surface area (Å²) >= 11 is 0. The first-order chi connectivity index (χ1) is 9.74. The van der Waals surface area contributed by atoms with E-state index in [-0.39, 0.29) is 5.92 Å². The SMILES string of the molecule is CC(C)NCCc1nnc(C2COc3ccccc32)o1. The van der Waals surface area contributed by atoms with Gasteiger partial charge >= 0.3 is 0 Å². The van der Waals surface area contributed by atoms with E-state index in [4.69, 9.17) is 9.15 Å². The Morgan fingerprint density at radius 2 is 2.15 bits per heavy atom. The maximum absolute atomic E-state index is 5.76. The molecular formula is C15H19N3O2. The minimum atomic E-state index is 0.0607. The highest BCUT2D eigenvalue weighted by Gasteiger charge is 2.29. The first-order valence-corrected chi connectivity index (χ1v) is 7.01. The normalized spacial score (nSPS) is 17.2. The second kappa shape index (κ2) is 5.63. The van der Waals surface area contributed by atoms with Crippen LogP contribution in [0.1, 0.15) is 37.1 Å². The summed E-state index contributed by atoms with van der Waals surface area (Å²) in [6, 6.07) is 8.46. The van der Waals surface area contributed by atoms with Gasteiger partial charge in [-0.05, 0) is 6.07 Å². The molecule has 1 unspecified atom stereocenters. The van der Waals surface area contributed by atoms with E-state index in [1.54, 1.807) is 0 Å². The molecule has 1 atom stereocenters. The second-order valence-corrected chi connectivity index (χ2v) is 5.29. The molecule has 1 aromatic carbocycles. The lowest BCUT2D eigenvalue weighted by Crippen LogP contribution is -2.25. The molecule has 0 radical (unpaired) electrons. The van der Waals surface area contributed by atoms with Gasteiger partial charge in [-0.25, -0.2) is 0 Å². The van der Waals surface area contributed by atoms with Crippen LogP contribution in [0.4, 0.5) is 0 Å². The number of hydrogen-bond acceptors (Lipinski definition) is 5. The molecule has 2 aromatic rings. The fourth-order valence-corrected chi connectivity index (χ4v) is 2.34. The molecule has 1 N–H and O–H groups in total. The third kappa shape index (κ3) is 2.67. The predicted octanol–water partition coefficient (Wildman–Crippen LogP) is 2.13. The molecule has 0 spiro atoms. The molecule has 0 fully saturated rings. The number of benzene rings is 1. The summed E-state index contributed by atoms with van der Waals surface area (Å²) in [5.74, 6) is 2.30. The monoisotopic (exact) mass is 273 g/mol. The van der Waals surface area contributed by atoms with Gasteiger partial charge in [0.1, 0.15) is 12.4 Å². The van der Waals surface area contributed by atoms with Crippen molar-refractivity contribution in [1.82, 2.24) is 15.5 Å². The lowest BCUT2D eigenvalue weighted by Gasteiger charge is -2.05. The number of hydrogen-bond donors (Lipinski definition) is 1. The van der Waals surface area contributed by atoms with Crippen molar-refractivity contribution in [3.63, 3.8) is 0 Å². The average Bonchev–Trinajstić information content (AvgIpc) is 3.04. The maximum Gasteiger partial charge on any atom is 0.227 e. The van der Waals surface area contributed by atoms with Gasteiger partial charge in [0.15, 0.2) is 0 Å². The van der Waals surface area contributed by atoms with Crippen LogP contribution in [0.2, 0.25) is 0 Å². The van der Waals surface area contributed by atoms with Crippen molar-refractivity contribution in [3.05, 3.63) is 41.6 Å². The van der Waals surface area contributed by atoms with E-state index in [2.05, 4.69) is 35.4 Å². The van der Waals surface area contributed by atoms with Gasteiger partial charge in [0, 0.05) is 24.6 Å². The molecule has 5 heteroatoms. The number of fused-ring (bicyclic) bond motifs is 1. The summed E-state index contributed by atoms with van der Waals surface area (Å²) in [5.41, 5.74) is 1.13. The zero-order chi connectivity index (χ0) is 13.9. The second-order valence-electron chi connectivity index (χ2n) is 5.29. The number of rotatable bonds is 5. The van der Waals surface area contributed by atoms with Crippen molar-refractivity contribution in [2.75, 3.05) is 13.2 Å². The lowest BCUT2D eigenvalue weighted by atomic mass is 10.0. The largest absolute Gasteiger partial charge is 0.492 e. The minimum absolute atomic E-state index is 0.0607. The highest BCUT2D eigenvalue weighted by molar-refractivity contribution is 5.42. The van der Waals surface area contributed by atoms with E-state index in [1.165, 1.54) is 0 Å². The molecule has 5 nitrogen and oxygen atoms in total. The number of para-hydroxylation sites is 1. The summed E-state index contributed by atoms with van der Waals surface area (Å²) in [5, 5.41) is 11.6. The Morgan fingerprint density at radius 1 is 1.30 bits per heavy atom. The third-order valence-electron chi connectivity index (χ3n) is 3.37. The van der Waals surface area contributed by atoms with E-state index < -0.39 is 0 Å². The van der Waals surface area contributed by atoms with Crippen LogP contribution in [0, 0.1) is 0 Å². The lowest BCUT2D eigenvalue weighted by molar-refractivity contribution is 0.320. The fourth-order valence-electron chi connectivity index (χ4n) is 2.34. The Hall–Kier alpha value is -1.88. The van der Waals surface area contributed by atoms with Crippen LogP contribution in [0.25, 0.3) is 0 Å². The van der Waals surface area contributed by atoms with Crippen LogP contribution >= 0.6 is 0 Å². The van der Waals surface area contributed by atoms with E-state index in [1.807, 2.05) is 18.2 Å². The van der Waals surface area contributed by atoms with Crippen LogP contribution < -0.4 is 10.1 Å². The van der Waals surface area contributed by atoms with Crippen molar-refractivity contribution < 1.29 is 9.15 Å². The van der Waals surface area contributed by atoms with E-state index in [9.17, 15) is 0 Å². The van der Waals surface area contributed by atoms with Gasteiger partial charge in [-0.15, -0.1) is 10.2 Å². The summed E-state index contributed by atoms with van der Waals surface area (Å²) < 4.78 is 11.4. The first-order valence-electron chi connectivity index (χ1n) is 7.01. The van der Waals surface area contributed by atoms with Gasteiger partial charge in [0.2, 0.25) is 11.8 Å². The third-order valence-corrected chi connectivity index (χ3v) is 3.37. The summed E-state index contributed by atoms with van der Waals surface area (Å²) in [6.45, 7) is 5.65. The Kier molecular flexibility index (Phi) is 3.69. The predicted molar refractivity (Wildman–Crippen MR) is 74.9 cm³/mol. The zero-order valence-electron chi connectivity index (χ0n) is 11.8. The zero-order valence-corrected chi connectivity index (χ0v) is 11.8.